The van der Waals surface area contributed by atoms with Crippen molar-refractivity contribution in [3.8, 4) is 0 Å². The first kappa shape index (κ1) is 20.2. The molecule has 0 radical (unpaired) electrons. The van der Waals surface area contributed by atoms with Crippen LogP contribution in [0.25, 0.3) is 5.70 Å². The fraction of sp³-hybridized carbons (Fsp3) is 0.238. The number of nitrogens with two attached hydrogens (primary N) is 1. The second-order valence-electron chi connectivity index (χ2n) is 6.10. The molecule has 0 aliphatic carbocycles. The first-order chi connectivity index (χ1) is 12.9. The first-order valence-corrected chi connectivity index (χ1v) is 8.69. The fourth-order valence-electron chi connectivity index (χ4n) is 2.62. The molecule has 0 saturated carbocycles. The van der Waals surface area contributed by atoms with E-state index in [1.165, 1.54) is 19.1 Å². The summed E-state index contributed by atoms with van der Waals surface area (Å²) in [5.74, 6) is -1.18. The number of carbonyl (C=O) groups is 2. The Morgan fingerprint density at radius 1 is 1.15 bits per heavy atom. The van der Waals surface area contributed by atoms with Gasteiger partial charge in [-0.15, -0.1) is 0 Å². The number of nitrogens with one attached hydrogen (secondary N) is 1. The van der Waals surface area contributed by atoms with E-state index in [9.17, 15) is 14.0 Å². The third kappa shape index (κ3) is 5.67. The topological polar surface area (TPSA) is 81.4 Å². The van der Waals surface area contributed by atoms with Crippen LogP contribution in [0, 0.1) is 5.82 Å². The minimum atomic E-state index is -0.749. The molecule has 0 aliphatic rings. The lowest BCUT2D eigenvalue weighted by Gasteiger charge is -2.17. The van der Waals surface area contributed by atoms with Gasteiger partial charge >= 0.3 is 6.09 Å². The highest BCUT2D eigenvalue weighted by Crippen LogP contribution is 2.23. The van der Waals surface area contributed by atoms with Gasteiger partial charge in [-0.05, 0) is 36.6 Å². The van der Waals surface area contributed by atoms with Gasteiger partial charge in [0.1, 0.15) is 12.4 Å². The largest absolute Gasteiger partial charge is 0.444 e. The Morgan fingerprint density at radius 2 is 1.85 bits per heavy atom. The van der Waals surface area contributed by atoms with E-state index in [2.05, 4.69) is 5.32 Å². The zero-order valence-corrected chi connectivity index (χ0v) is 15.4. The fourth-order valence-corrected chi connectivity index (χ4v) is 2.62. The van der Waals surface area contributed by atoms with Gasteiger partial charge in [0.2, 0.25) is 5.91 Å². The summed E-state index contributed by atoms with van der Waals surface area (Å²) in [6.07, 6.45) is 0.729. The number of alkyl carbamates (subject to hydrolysis) is 1. The van der Waals surface area contributed by atoms with Crippen LogP contribution in [0.4, 0.5) is 9.18 Å². The number of rotatable bonds is 7. The van der Waals surface area contributed by atoms with Gasteiger partial charge in [-0.2, -0.15) is 0 Å². The number of hydrogen-bond acceptors (Lipinski definition) is 3. The van der Waals surface area contributed by atoms with E-state index in [-0.39, 0.29) is 17.9 Å². The number of amides is 2. The maximum atomic E-state index is 13.8. The minimum Gasteiger partial charge on any atom is -0.444 e. The van der Waals surface area contributed by atoms with E-state index in [1.54, 1.807) is 6.07 Å². The van der Waals surface area contributed by atoms with Crippen LogP contribution in [0.5, 0.6) is 0 Å². The smallest absolute Gasteiger partial charge is 0.411 e. The van der Waals surface area contributed by atoms with Gasteiger partial charge < -0.3 is 10.5 Å². The summed E-state index contributed by atoms with van der Waals surface area (Å²) in [6.45, 7) is 3.54. The summed E-state index contributed by atoms with van der Waals surface area (Å²) in [5, 5.41) is 2.56. The maximum absolute atomic E-state index is 13.8. The first-order valence-electron chi connectivity index (χ1n) is 8.69. The molecule has 3 N–H and O–H groups in total. The normalized spacial score (nSPS) is 11.5. The highest BCUT2D eigenvalue weighted by atomic mass is 19.1. The van der Waals surface area contributed by atoms with Gasteiger partial charge in [0.05, 0.1) is 5.70 Å². The Balaban J connectivity index is 2.29. The lowest BCUT2D eigenvalue weighted by molar-refractivity contribution is -0.114. The van der Waals surface area contributed by atoms with Crippen molar-refractivity contribution < 1.29 is 18.7 Å². The van der Waals surface area contributed by atoms with Crippen molar-refractivity contribution in [1.82, 2.24) is 5.32 Å². The highest BCUT2D eigenvalue weighted by Gasteiger charge is 2.18. The predicted octanol–water partition coefficient (Wildman–Crippen LogP) is 3.92. The van der Waals surface area contributed by atoms with Crippen molar-refractivity contribution in [2.24, 2.45) is 5.73 Å². The van der Waals surface area contributed by atoms with Crippen molar-refractivity contribution in [1.29, 1.82) is 0 Å². The minimum absolute atomic E-state index is 0.0700. The molecule has 0 aliphatic heterocycles. The molecule has 0 unspecified atom stereocenters. The molecule has 2 aromatic rings. The SMILES string of the molecule is CCCc1ccc(F)cc1/C(NC(=O)OCc1ccccc1)=C(\C)C(N)=O. The van der Waals surface area contributed by atoms with Crippen LogP contribution < -0.4 is 11.1 Å². The van der Waals surface area contributed by atoms with Crippen LogP contribution in [0.15, 0.2) is 54.1 Å². The number of carbonyl (C=O) groups excluding carboxylic acids is 2. The quantitative estimate of drug-likeness (QED) is 0.725. The molecule has 2 amide bonds. The lowest BCUT2D eigenvalue weighted by Crippen LogP contribution is -2.27. The summed E-state index contributed by atoms with van der Waals surface area (Å²) >= 11 is 0. The predicted molar refractivity (Wildman–Crippen MR) is 102 cm³/mol. The van der Waals surface area contributed by atoms with Crippen LogP contribution >= 0.6 is 0 Å². The van der Waals surface area contributed by atoms with Crippen LogP contribution in [-0.4, -0.2) is 12.0 Å². The average molecular weight is 370 g/mol. The van der Waals surface area contributed by atoms with E-state index in [1.807, 2.05) is 37.3 Å². The van der Waals surface area contributed by atoms with Gasteiger partial charge in [-0.1, -0.05) is 49.7 Å². The third-order valence-electron chi connectivity index (χ3n) is 4.05. The summed E-state index contributed by atoms with van der Waals surface area (Å²) in [4.78, 5) is 24.0. The molecule has 27 heavy (non-hydrogen) atoms. The average Bonchev–Trinajstić information content (AvgIpc) is 2.66. The zero-order chi connectivity index (χ0) is 19.8. The number of benzene rings is 2. The van der Waals surface area contributed by atoms with Crippen LogP contribution in [-0.2, 0) is 22.6 Å². The Hall–Kier alpha value is -3.15. The van der Waals surface area contributed by atoms with Crippen molar-refractivity contribution in [3.63, 3.8) is 0 Å². The molecule has 0 saturated heterocycles. The van der Waals surface area contributed by atoms with E-state index < -0.39 is 17.8 Å². The molecule has 2 rings (SSSR count). The molecule has 0 spiro atoms. The molecule has 0 atom stereocenters. The second kappa shape index (κ2) is 9.52. The molecule has 5 nitrogen and oxygen atoms in total. The van der Waals surface area contributed by atoms with Gasteiger partial charge in [-0.3, -0.25) is 10.1 Å². The standard InChI is InChI=1S/C21H23FN2O3/c1-3-7-16-10-11-17(22)12-18(16)19(14(2)20(23)25)24-21(26)27-13-15-8-5-4-6-9-15/h4-6,8-12H,3,7,13H2,1-2H3,(H2,23,25)(H,24,26)/b19-14-. The third-order valence-corrected chi connectivity index (χ3v) is 4.05. The van der Waals surface area contributed by atoms with Gasteiger partial charge in [-0.25, -0.2) is 9.18 Å². The van der Waals surface area contributed by atoms with E-state index in [0.717, 1.165) is 17.5 Å². The molecular formula is C21H23FN2O3. The summed E-state index contributed by atoms with van der Waals surface area (Å²) < 4.78 is 19.0. The van der Waals surface area contributed by atoms with Crippen LogP contribution in [0.3, 0.4) is 0 Å². The monoisotopic (exact) mass is 370 g/mol. The van der Waals surface area contributed by atoms with E-state index >= 15 is 0 Å². The number of halogens is 1. The Kier molecular flexibility index (Phi) is 7.11. The number of aryl methyl sites for hydroxylation is 1. The highest BCUT2D eigenvalue weighted by molar-refractivity contribution is 6.01. The Labute approximate surface area is 158 Å². The molecule has 0 aromatic heterocycles. The van der Waals surface area contributed by atoms with Crippen LogP contribution in [0.2, 0.25) is 0 Å². The number of ether oxygens (including phenoxy) is 1. The van der Waals surface area contributed by atoms with Crippen molar-refractivity contribution >= 4 is 17.7 Å². The maximum Gasteiger partial charge on any atom is 0.411 e. The van der Waals surface area contributed by atoms with Gasteiger partial charge in [0.15, 0.2) is 0 Å². The summed E-state index contributed by atoms with van der Waals surface area (Å²) in [5.41, 5.74) is 7.72. The van der Waals surface area contributed by atoms with Crippen molar-refractivity contribution in [2.75, 3.05) is 0 Å². The molecule has 0 fully saturated rings. The van der Waals surface area contributed by atoms with Gasteiger partial charge in [0, 0.05) is 11.1 Å². The number of hydrogen-bond donors (Lipinski definition) is 2. The van der Waals surface area contributed by atoms with E-state index in [0.29, 0.717) is 12.0 Å². The second-order valence-corrected chi connectivity index (χ2v) is 6.10. The Bertz CT molecular complexity index is 848. The zero-order valence-electron chi connectivity index (χ0n) is 15.4. The molecule has 0 heterocycles. The van der Waals surface area contributed by atoms with Gasteiger partial charge in [0.25, 0.3) is 0 Å². The van der Waals surface area contributed by atoms with E-state index in [4.69, 9.17) is 10.5 Å². The molecule has 0 bridgehead atoms. The number of primary amides is 1. The van der Waals surface area contributed by atoms with Crippen molar-refractivity contribution in [3.05, 3.63) is 76.6 Å². The molecule has 142 valence electrons. The Morgan fingerprint density at radius 3 is 2.48 bits per heavy atom. The summed E-state index contributed by atoms with van der Waals surface area (Å²) in [7, 11) is 0. The molecule has 2 aromatic carbocycles. The lowest BCUT2D eigenvalue weighted by atomic mass is 9.97. The molecule has 6 heteroatoms. The summed E-state index contributed by atoms with van der Waals surface area (Å²) in [6, 6.07) is 13.4. The van der Waals surface area contributed by atoms with Crippen molar-refractivity contribution in [2.45, 2.75) is 33.3 Å². The molecular weight excluding hydrogens is 347 g/mol. The van der Waals surface area contributed by atoms with Crippen LogP contribution in [0.1, 0.15) is 37.0 Å².